The van der Waals surface area contributed by atoms with Crippen molar-refractivity contribution in [3.63, 3.8) is 0 Å². The minimum absolute atomic E-state index is 0.160. The van der Waals surface area contributed by atoms with Crippen LogP contribution in [0.15, 0.2) is 42.5 Å². The average molecular weight is 352 g/mol. The lowest BCUT2D eigenvalue weighted by atomic mass is 10.1. The fourth-order valence-electron chi connectivity index (χ4n) is 3.13. The number of carbonyl (C=O) groups is 2. The van der Waals surface area contributed by atoms with E-state index in [0.29, 0.717) is 17.9 Å². The van der Waals surface area contributed by atoms with Crippen molar-refractivity contribution in [3.05, 3.63) is 59.2 Å². The van der Waals surface area contributed by atoms with E-state index in [9.17, 15) is 9.59 Å². The summed E-state index contributed by atoms with van der Waals surface area (Å²) in [7, 11) is 0. The number of nitrogens with one attached hydrogen (secondary N) is 2. The second kappa shape index (κ2) is 8.15. The van der Waals surface area contributed by atoms with Crippen LogP contribution in [0.2, 0.25) is 0 Å². The van der Waals surface area contributed by atoms with Gasteiger partial charge in [-0.3, -0.25) is 9.59 Å². The second-order valence-electron chi connectivity index (χ2n) is 6.49. The molecule has 1 aliphatic rings. The van der Waals surface area contributed by atoms with Gasteiger partial charge in [-0.1, -0.05) is 31.2 Å². The van der Waals surface area contributed by atoms with Crippen molar-refractivity contribution in [2.45, 2.75) is 39.2 Å². The Bertz CT molecular complexity index is 811. The molecule has 0 aromatic heterocycles. The number of rotatable bonds is 5. The zero-order chi connectivity index (χ0) is 18.5. The lowest BCUT2D eigenvalue weighted by molar-refractivity contribution is -0.124. The monoisotopic (exact) mass is 352 g/mol. The van der Waals surface area contributed by atoms with Crippen molar-refractivity contribution < 1.29 is 14.3 Å². The normalized spacial score (nSPS) is 16.3. The molecular formula is C21H24N2O3. The molecule has 1 saturated heterocycles. The Hall–Kier alpha value is -2.66. The molecule has 1 unspecified atom stereocenters. The number of benzene rings is 2. The summed E-state index contributed by atoms with van der Waals surface area (Å²) in [6.45, 7) is 4.66. The van der Waals surface area contributed by atoms with Gasteiger partial charge in [0.15, 0.2) is 0 Å². The van der Waals surface area contributed by atoms with Crippen molar-refractivity contribution in [3.8, 4) is 0 Å². The maximum Gasteiger partial charge on any atom is 0.255 e. The highest BCUT2D eigenvalue weighted by Gasteiger charge is 2.23. The molecule has 5 nitrogen and oxygen atoms in total. The molecule has 1 atom stereocenters. The Morgan fingerprint density at radius 1 is 1.15 bits per heavy atom. The van der Waals surface area contributed by atoms with E-state index in [2.05, 4.69) is 17.6 Å². The van der Waals surface area contributed by atoms with Crippen LogP contribution in [-0.2, 0) is 16.0 Å². The first-order valence-electron chi connectivity index (χ1n) is 9.01. The Balaban J connectivity index is 1.73. The van der Waals surface area contributed by atoms with Gasteiger partial charge in [0.1, 0.15) is 6.10 Å². The van der Waals surface area contributed by atoms with Crippen LogP contribution in [0.5, 0.6) is 0 Å². The number of ether oxygens (including phenoxy) is 1. The highest BCUT2D eigenvalue weighted by Crippen LogP contribution is 2.22. The van der Waals surface area contributed by atoms with Gasteiger partial charge in [0.2, 0.25) is 0 Å². The molecule has 1 aliphatic heterocycles. The van der Waals surface area contributed by atoms with E-state index in [0.717, 1.165) is 36.1 Å². The summed E-state index contributed by atoms with van der Waals surface area (Å²) in [4.78, 5) is 24.9. The fraction of sp³-hybridized carbons (Fsp3) is 0.333. The molecule has 1 heterocycles. The van der Waals surface area contributed by atoms with Gasteiger partial charge in [-0.25, -0.2) is 0 Å². The predicted octanol–water partition coefficient (Wildman–Crippen LogP) is 3.93. The maximum atomic E-state index is 12.7. The summed E-state index contributed by atoms with van der Waals surface area (Å²) < 4.78 is 5.39. The lowest BCUT2D eigenvalue weighted by Crippen LogP contribution is -2.27. The van der Waals surface area contributed by atoms with Crippen LogP contribution >= 0.6 is 0 Å². The molecule has 0 aliphatic carbocycles. The van der Waals surface area contributed by atoms with E-state index in [1.54, 1.807) is 24.3 Å². The average Bonchev–Trinajstić information content (AvgIpc) is 3.18. The van der Waals surface area contributed by atoms with Crippen LogP contribution in [0.4, 0.5) is 11.4 Å². The summed E-state index contributed by atoms with van der Waals surface area (Å²) in [5.74, 6) is -0.352. The summed E-state index contributed by atoms with van der Waals surface area (Å²) in [6.07, 6.45) is 2.08. The topological polar surface area (TPSA) is 67.4 Å². The number of hydrogen-bond acceptors (Lipinski definition) is 3. The number of carbonyl (C=O) groups excluding carboxylic acids is 2. The summed E-state index contributed by atoms with van der Waals surface area (Å²) in [6, 6.07) is 12.9. The van der Waals surface area contributed by atoms with Crippen LogP contribution in [-0.4, -0.2) is 24.5 Å². The van der Waals surface area contributed by atoms with Gasteiger partial charge in [-0.15, -0.1) is 0 Å². The molecule has 3 rings (SSSR count). The molecule has 2 amide bonds. The van der Waals surface area contributed by atoms with Crippen LogP contribution in [0.25, 0.3) is 0 Å². The Kier molecular flexibility index (Phi) is 5.68. The molecule has 0 saturated carbocycles. The first-order valence-corrected chi connectivity index (χ1v) is 9.01. The Labute approximate surface area is 153 Å². The summed E-state index contributed by atoms with van der Waals surface area (Å²) in [5, 5.41) is 5.84. The Morgan fingerprint density at radius 2 is 1.96 bits per heavy atom. The standard InChI is InChI=1S/C21H24N2O3/c1-3-15-8-4-7-14(2)19(15)23-20(24)16-9-5-10-17(13-16)22-21(25)18-11-6-12-26-18/h4-5,7-10,13,18H,3,6,11-12H2,1-2H3,(H,22,25)(H,23,24). The quantitative estimate of drug-likeness (QED) is 0.857. The van der Waals surface area contributed by atoms with Gasteiger partial charge < -0.3 is 15.4 Å². The fourth-order valence-corrected chi connectivity index (χ4v) is 3.13. The smallest absolute Gasteiger partial charge is 0.255 e. The summed E-state index contributed by atoms with van der Waals surface area (Å²) >= 11 is 0. The molecule has 2 aromatic rings. The van der Waals surface area contributed by atoms with Crippen molar-refractivity contribution in [2.75, 3.05) is 17.2 Å². The minimum Gasteiger partial charge on any atom is -0.368 e. The first-order chi connectivity index (χ1) is 12.6. The van der Waals surface area contributed by atoms with E-state index < -0.39 is 6.10 Å². The van der Waals surface area contributed by atoms with Crippen molar-refractivity contribution in [2.24, 2.45) is 0 Å². The van der Waals surface area contributed by atoms with Gasteiger partial charge in [-0.2, -0.15) is 0 Å². The number of aryl methyl sites for hydroxylation is 2. The maximum absolute atomic E-state index is 12.7. The third kappa shape index (κ3) is 4.11. The van der Waals surface area contributed by atoms with Crippen molar-refractivity contribution >= 4 is 23.2 Å². The number of hydrogen-bond donors (Lipinski definition) is 2. The van der Waals surface area contributed by atoms with Gasteiger partial charge in [0, 0.05) is 23.5 Å². The molecule has 1 fully saturated rings. The SMILES string of the molecule is CCc1cccc(C)c1NC(=O)c1cccc(NC(=O)C2CCCO2)c1. The van der Waals surface area contributed by atoms with Crippen LogP contribution in [0, 0.1) is 6.92 Å². The molecule has 0 radical (unpaired) electrons. The lowest BCUT2D eigenvalue weighted by Gasteiger charge is -2.14. The molecule has 26 heavy (non-hydrogen) atoms. The van der Waals surface area contributed by atoms with Crippen LogP contribution in [0.1, 0.15) is 41.3 Å². The molecule has 0 spiro atoms. The van der Waals surface area contributed by atoms with Gasteiger partial charge in [0.05, 0.1) is 0 Å². The van der Waals surface area contributed by atoms with Crippen LogP contribution < -0.4 is 10.6 Å². The minimum atomic E-state index is -0.397. The molecule has 0 bridgehead atoms. The first kappa shape index (κ1) is 18.1. The molecule has 2 aromatic carbocycles. The molecule has 136 valence electrons. The van der Waals surface area contributed by atoms with E-state index in [1.165, 1.54) is 0 Å². The van der Waals surface area contributed by atoms with Gasteiger partial charge in [-0.05, 0) is 55.5 Å². The van der Waals surface area contributed by atoms with Crippen LogP contribution in [0.3, 0.4) is 0 Å². The third-order valence-corrected chi connectivity index (χ3v) is 4.59. The molecule has 2 N–H and O–H groups in total. The zero-order valence-electron chi connectivity index (χ0n) is 15.2. The van der Waals surface area contributed by atoms with Gasteiger partial charge in [0.25, 0.3) is 11.8 Å². The highest BCUT2D eigenvalue weighted by molar-refractivity contribution is 6.06. The van der Waals surface area contributed by atoms with E-state index >= 15 is 0 Å². The van der Waals surface area contributed by atoms with Crippen molar-refractivity contribution in [1.82, 2.24) is 0 Å². The third-order valence-electron chi connectivity index (χ3n) is 4.59. The van der Waals surface area contributed by atoms with Gasteiger partial charge >= 0.3 is 0 Å². The molecular weight excluding hydrogens is 328 g/mol. The zero-order valence-corrected chi connectivity index (χ0v) is 15.2. The predicted molar refractivity (Wildman–Crippen MR) is 103 cm³/mol. The number of amides is 2. The second-order valence-corrected chi connectivity index (χ2v) is 6.49. The van der Waals surface area contributed by atoms with E-state index in [-0.39, 0.29) is 11.8 Å². The Morgan fingerprint density at radius 3 is 2.69 bits per heavy atom. The largest absolute Gasteiger partial charge is 0.368 e. The van der Waals surface area contributed by atoms with E-state index in [1.807, 2.05) is 25.1 Å². The number of para-hydroxylation sites is 1. The molecule has 5 heteroatoms. The highest BCUT2D eigenvalue weighted by atomic mass is 16.5. The number of anilines is 2. The van der Waals surface area contributed by atoms with E-state index in [4.69, 9.17) is 4.74 Å². The van der Waals surface area contributed by atoms with Crippen molar-refractivity contribution in [1.29, 1.82) is 0 Å². The summed E-state index contributed by atoms with van der Waals surface area (Å²) in [5.41, 5.74) is 4.08.